The topological polar surface area (TPSA) is 55.8 Å². The lowest BCUT2D eigenvalue weighted by atomic mass is 9.72. The van der Waals surface area contributed by atoms with Gasteiger partial charge in [0.2, 0.25) is 5.91 Å². The molecule has 0 saturated carbocycles. The molecule has 1 fully saturated rings. The van der Waals surface area contributed by atoms with Gasteiger partial charge in [0, 0.05) is 18.7 Å². The molecule has 1 heterocycles. The molecule has 0 spiro atoms. The van der Waals surface area contributed by atoms with Gasteiger partial charge in [-0.1, -0.05) is 37.3 Å². The number of methoxy groups -OCH3 is 1. The molecule has 140 valence electrons. The molecule has 0 unspecified atom stereocenters. The highest BCUT2D eigenvalue weighted by atomic mass is 16.5. The second-order valence-corrected chi connectivity index (χ2v) is 7.14. The van der Waals surface area contributed by atoms with Crippen LogP contribution >= 0.6 is 0 Å². The van der Waals surface area contributed by atoms with E-state index in [9.17, 15) is 9.59 Å². The Balaban J connectivity index is 1.71. The molecule has 2 aliphatic rings. The maximum atomic E-state index is 12.8. The Labute approximate surface area is 155 Å². The molecule has 1 aromatic carbocycles. The van der Waals surface area contributed by atoms with Gasteiger partial charge in [-0.15, -0.1) is 0 Å². The summed E-state index contributed by atoms with van der Waals surface area (Å²) in [4.78, 5) is 27.2. The first-order valence-electron chi connectivity index (χ1n) is 9.29. The summed E-state index contributed by atoms with van der Waals surface area (Å²) in [6, 6.07) is 7.60. The number of carbonyl (C=O) groups excluding carboxylic acids is 2. The molecule has 4 atom stereocenters. The Kier molecular flexibility index (Phi) is 5.64. The lowest BCUT2D eigenvalue weighted by Crippen LogP contribution is -2.37. The third kappa shape index (κ3) is 3.62. The van der Waals surface area contributed by atoms with Gasteiger partial charge in [0.1, 0.15) is 5.75 Å². The number of carbonyl (C=O) groups is 2. The van der Waals surface area contributed by atoms with Gasteiger partial charge in [-0.2, -0.15) is 0 Å². The van der Waals surface area contributed by atoms with Crippen molar-refractivity contribution in [3.8, 4) is 5.75 Å². The van der Waals surface area contributed by atoms with Crippen molar-refractivity contribution >= 4 is 11.9 Å². The molecule has 1 amide bonds. The molecule has 0 N–H and O–H groups in total. The van der Waals surface area contributed by atoms with Crippen LogP contribution in [0.2, 0.25) is 0 Å². The van der Waals surface area contributed by atoms with Gasteiger partial charge >= 0.3 is 5.97 Å². The molecule has 1 aliphatic carbocycles. The van der Waals surface area contributed by atoms with Gasteiger partial charge in [0.15, 0.2) is 0 Å². The van der Waals surface area contributed by atoms with Crippen LogP contribution in [-0.2, 0) is 20.7 Å². The molecule has 3 rings (SSSR count). The summed E-state index contributed by atoms with van der Waals surface area (Å²) < 4.78 is 10.6. The Hall–Kier alpha value is -2.30. The van der Waals surface area contributed by atoms with E-state index in [2.05, 4.69) is 12.2 Å². The first-order chi connectivity index (χ1) is 12.5. The molecule has 5 nitrogen and oxygen atoms in total. The maximum absolute atomic E-state index is 12.8. The van der Waals surface area contributed by atoms with Crippen LogP contribution in [0.4, 0.5) is 0 Å². The third-order valence-electron chi connectivity index (χ3n) is 5.55. The van der Waals surface area contributed by atoms with E-state index in [1.807, 2.05) is 43.0 Å². The fourth-order valence-corrected chi connectivity index (χ4v) is 4.22. The van der Waals surface area contributed by atoms with Crippen molar-refractivity contribution in [3.05, 3.63) is 42.0 Å². The van der Waals surface area contributed by atoms with Crippen molar-refractivity contribution in [1.29, 1.82) is 0 Å². The minimum absolute atomic E-state index is 0.0764. The van der Waals surface area contributed by atoms with Crippen molar-refractivity contribution in [2.45, 2.75) is 20.3 Å². The average Bonchev–Trinajstić information content (AvgIpc) is 3.06. The van der Waals surface area contributed by atoms with E-state index in [0.29, 0.717) is 26.1 Å². The normalized spacial score (nSPS) is 27.1. The van der Waals surface area contributed by atoms with E-state index in [-0.39, 0.29) is 35.5 Å². The molecular formula is C21H27NO4. The number of ether oxygens (including phenoxy) is 2. The summed E-state index contributed by atoms with van der Waals surface area (Å²) in [5.74, 6) is 0.993. The minimum Gasteiger partial charge on any atom is -0.496 e. The van der Waals surface area contributed by atoms with Gasteiger partial charge in [0.25, 0.3) is 0 Å². The Morgan fingerprint density at radius 3 is 2.69 bits per heavy atom. The number of fused-ring (bicyclic) bond motifs is 1. The molecular weight excluding hydrogens is 330 g/mol. The quantitative estimate of drug-likeness (QED) is 0.601. The first-order valence-corrected chi connectivity index (χ1v) is 9.29. The number of para-hydroxylation sites is 1. The number of hydrogen-bond acceptors (Lipinski definition) is 4. The second-order valence-electron chi connectivity index (χ2n) is 7.14. The highest BCUT2D eigenvalue weighted by Gasteiger charge is 2.45. The van der Waals surface area contributed by atoms with E-state index in [1.165, 1.54) is 0 Å². The zero-order chi connectivity index (χ0) is 18.7. The smallest absolute Gasteiger partial charge is 0.309 e. The number of allylic oxidation sites excluding steroid dienone is 1. The van der Waals surface area contributed by atoms with Gasteiger partial charge in [-0.05, 0) is 30.7 Å². The molecule has 1 aliphatic heterocycles. The highest BCUT2D eigenvalue weighted by molar-refractivity contribution is 5.80. The average molecular weight is 357 g/mol. The summed E-state index contributed by atoms with van der Waals surface area (Å²) in [6.07, 6.45) is 4.57. The molecule has 26 heavy (non-hydrogen) atoms. The Morgan fingerprint density at radius 1 is 1.19 bits per heavy atom. The van der Waals surface area contributed by atoms with Crippen LogP contribution in [0.3, 0.4) is 0 Å². The monoisotopic (exact) mass is 357 g/mol. The van der Waals surface area contributed by atoms with Crippen molar-refractivity contribution in [2.24, 2.45) is 23.7 Å². The molecule has 0 radical (unpaired) electrons. The van der Waals surface area contributed by atoms with Crippen LogP contribution in [0.1, 0.15) is 19.4 Å². The number of likely N-dealkylation sites (tertiary alicyclic amines) is 1. The van der Waals surface area contributed by atoms with Crippen LogP contribution in [0.15, 0.2) is 36.4 Å². The van der Waals surface area contributed by atoms with E-state index >= 15 is 0 Å². The second kappa shape index (κ2) is 7.94. The van der Waals surface area contributed by atoms with Gasteiger partial charge in [-0.3, -0.25) is 9.59 Å². The molecule has 1 saturated heterocycles. The van der Waals surface area contributed by atoms with Crippen molar-refractivity contribution < 1.29 is 19.1 Å². The number of rotatable bonds is 5. The highest BCUT2D eigenvalue weighted by Crippen LogP contribution is 2.40. The summed E-state index contributed by atoms with van der Waals surface area (Å²) in [5.41, 5.74) is 0.890. The molecule has 5 heteroatoms. The zero-order valence-corrected chi connectivity index (χ0v) is 15.7. The van der Waals surface area contributed by atoms with Crippen molar-refractivity contribution in [2.75, 3.05) is 26.8 Å². The Morgan fingerprint density at radius 2 is 1.96 bits per heavy atom. The number of nitrogens with zero attached hydrogens (tertiary/aromatic N) is 1. The van der Waals surface area contributed by atoms with Crippen LogP contribution in [0.5, 0.6) is 5.75 Å². The lowest BCUT2D eigenvalue weighted by molar-refractivity contribution is -0.152. The summed E-state index contributed by atoms with van der Waals surface area (Å²) >= 11 is 0. The predicted octanol–water partition coefficient (Wildman–Crippen LogP) is 2.70. The third-order valence-corrected chi connectivity index (χ3v) is 5.55. The van der Waals surface area contributed by atoms with Gasteiger partial charge in [0.05, 0.1) is 26.1 Å². The fourth-order valence-electron chi connectivity index (χ4n) is 4.22. The fraction of sp³-hybridized carbons (Fsp3) is 0.524. The zero-order valence-electron chi connectivity index (χ0n) is 15.7. The molecule has 0 aromatic heterocycles. The predicted molar refractivity (Wildman–Crippen MR) is 98.7 cm³/mol. The standard InChI is InChI=1S/C21H27NO4/c1-4-26-21(24)20-14(2)9-10-16-12-22(13-17(16)20)19(23)11-15-7-5-6-8-18(15)25-3/h5-10,14,16-17,20H,4,11-13H2,1-3H3/t14-,16-,17-,20-/m0/s1. The van der Waals surface area contributed by atoms with Crippen LogP contribution in [-0.4, -0.2) is 43.6 Å². The van der Waals surface area contributed by atoms with Crippen LogP contribution in [0, 0.1) is 23.7 Å². The summed E-state index contributed by atoms with van der Waals surface area (Å²) in [5, 5.41) is 0. The van der Waals surface area contributed by atoms with E-state index < -0.39 is 0 Å². The number of amides is 1. The van der Waals surface area contributed by atoms with Gasteiger partial charge in [-0.25, -0.2) is 0 Å². The number of hydrogen-bond donors (Lipinski definition) is 0. The van der Waals surface area contributed by atoms with E-state index in [1.54, 1.807) is 7.11 Å². The first kappa shape index (κ1) is 18.5. The van der Waals surface area contributed by atoms with Crippen LogP contribution < -0.4 is 4.74 Å². The SMILES string of the molecule is CCOC(=O)[C@@H]1[C@H]2CN(C(=O)Cc3ccccc3OC)C[C@@H]2C=C[C@@H]1C. The van der Waals surface area contributed by atoms with E-state index in [0.717, 1.165) is 11.3 Å². The summed E-state index contributed by atoms with van der Waals surface area (Å²) in [7, 11) is 1.61. The maximum Gasteiger partial charge on any atom is 0.309 e. The summed E-state index contributed by atoms with van der Waals surface area (Å²) in [6.45, 7) is 5.54. The van der Waals surface area contributed by atoms with Crippen LogP contribution in [0.25, 0.3) is 0 Å². The Bertz CT molecular complexity index is 699. The molecule has 0 bridgehead atoms. The molecule has 1 aromatic rings. The largest absolute Gasteiger partial charge is 0.496 e. The lowest BCUT2D eigenvalue weighted by Gasteiger charge is -2.31. The van der Waals surface area contributed by atoms with E-state index in [4.69, 9.17) is 9.47 Å². The van der Waals surface area contributed by atoms with Crippen molar-refractivity contribution in [3.63, 3.8) is 0 Å². The number of esters is 1. The number of benzene rings is 1. The van der Waals surface area contributed by atoms with Crippen molar-refractivity contribution in [1.82, 2.24) is 4.90 Å². The minimum atomic E-state index is -0.172. The van der Waals surface area contributed by atoms with Gasteiger partial charge < -0.3 is 14.4 Å².